The predicted molar refractivity (Wildman–Crippen MR) is 173 cm³/mol. The summed E-state index contributed by atoms with van der Waals surface area (Å²) >= 11 is 0. The molecular weight excluding hydrogens is 600 g/mol. The molecule has 0 heterocycles. The molecule has 0 aliphatic rings. The van der Waals surface area contributed by atoms with E-state index in [1.165, 1.54) is 64.2 Å². The first-order chi connectivity index (χ1) is 21.7. The third-order valence-electron chi connectivity index (χ3n) is 6.37. The largest absolute Gasteiger partial charge is 0.391 e. The highest BCUT2D eigenvalue weighted by Crippen LogP contribution is 2.14. The number of carbonyl (C=O) groups is 6. The first-order valence-corrected chi connectivity index (χ1v) is 16.7. The van der Waals surface area contributed by atoms with Crippen molar-refractivity contribution < 1.29 is 58.3 Å². The Bertz CT molecular complexity index is 821. The molecule has 0 spiro atoms. The number of aliphatic hydroxyl groups excluding tert-OH is 3. The molecule has 0 unspecified atom stereocenters. The Morgan fingerprint density at radius 3 is 1.09 bits per heavy atom. The number of carbonyl (C=O) groups excluding carboxylic acids is 6. The van der Waals surface area contributed by atoms with Crippen LogP contribution in [0.2, 0.25) is 0 Å². The molecule has 46 heavy (non-hydrogen) atoms. The van der Waals surface area contributed by atoms with E-state index in [0.29, 0.717) is 12.3 Å². The van der Waals surface area contributed by atoms with Crippen LogP contribution < -0.4 is 0 Å². The van der Waals surface area contributed by atoms with Crippen LogP contribution in [-0.2, 0) is 43.0 Å². The second-order valence-electron chi connectivity index (χ2n) is 12.2. The van der Waals surface area contributed by atoms with Crippen LogP contribution in [0.25, 0.3) is 0 Å². The predicted octanol–water partition coefficient (Wildman–Crippen LogP) is 5.36. The first-order valence-electron chi connectivity index (χ1n) is 16.7. The minimum absolute atomic E-state index is 0.226. The van der Waals surface area contributed by atoms with Gasteiger partial charge < -0.3 is 29.5 Å². The third kappa shape index (κ3) is 39.3. The summed E-state index contributed by atoms with van der Waals surface area (Å²) in [6, 6.07) is 0. The van der Waals surface area contributed by atoms with Gasteiger partial charge in [0.25, 0.3) is 0 Å². The summed E-state index contributed by atoms with van der Waals surface area (Å²) in [5.74, 6) is -3.44. The van der Waals surface area contributed by atoms with Gasteiger partial charge in [0.05, 0.1) is 5.92 Å². The number of ether oxygens (including phenoxy) is 3. The number of esters is 6. The van der Waals surface area contributed by atoms with Gasteiger partial charge in [0.2, 0.25) is 0 Å². The van der Waals surface area contributed by atoms with Gasteiger partial charge in [-0.25, -0.2) is 14.4 Å². The second kappa shape index (κ2) is 33.7. The first kappa shape index (κ1) is 47.7. The van der Waals surface area contributed by atoms with E-state index in [9.17, 15) is 28.8 Å². The van der Waals surface area contributed by atoms with Crippen molar-refractivity contribution in [1.29, 1.82) is 0 Å². The Balaban J connectivity index is -0.000000696. The minimum Gasteiger partial charge on any atom is -0.391 e. The van der Waals surface area contributed by atoms with Crippen molar-refractivity contribution in [2.24, 2.45) is 17.8 Å². The van der Waals surface area contributed by atoms with Crippen molar-refractivity contribution in [2.45, 2.75) is 144 Å². The van der Waals surface area contributed by atoms with Crippen LogP contribution in [0.3, 0.4) is 0 Å². The summed E-state index contributed by atoms with van der Waals surface area (Å²) in [6.45, 7) is 9.52. The zero-order valence-corrected chi connectivity index (χ0v) is 29.2. The van der Waals surface area contributed by atoms with Gasteiger partial charge >= 0.3 is 35.8 Å². The standard InChI is InChI=1S/C20H38O4.C8H14O4.C6H10O4/c1-18(2)15-13-11-9-7-5-3-4-6-8-10-12-14-16-19(22)24-20(23)17-21;1-6(2)3-4-7(10)12-8(11)5-9;1-4(2)6(9)10-5(8)3-7/h18,21H,3-17H2,1-2H3;6,9H,3-5H2,1-2H3;4,7H,3H2,1-2H3. The van der Waals surface area contributed by atoms with Gasteiger partial charge in [0.1, 0.15) is 19.8 Å². The van der Waals surface area contributed by atoms with E-state index in [2.05, 4.69) is 28.1 Å². The fraction of sp³-hybridized carbons (Fsp3) is 0.824. The van der Waals surface area contributed by atoms with Gasteiger partial charge in [-0.05, 0) is 24.7 Å². The zero-order valence-electron chi connectivity index (χ0n) is 29.2. The van der Waals surface area contributed by atoms with Crippen LogP contribution in [0.15, 0.2) is 0 Å². The topological polar surface area (TPSA) is 191 Å². The molecule has 0 bridgehead atoms. The summed E-state index contributed by atoms with van der Waals surface area (Å²) in [4.78, 5) is 63.8. The molecule has 0 aromatic carbocycles. The van der Waals surface area contributed by atoms with E-state index in [1.54, 1.807) is 13.8 Å². The molecule has 0 rings (SSSR count). The van der Waals surface area contributed by atoms with Gasteiger partial charge in [-0.15, -0.1) is 0 Å². The highest BCUT2D eigenvalue weighted by Gasteiger charge is 2.12. The second-order valence-corrected chi connectivity index (χ2v) is 12.2. The molecule has 0 amide bonds. The highest BCUT2D eigenvalue weighted by atomic mass is 16.6. The molecule has 12 nitrogen and oxygen atoms in total. The van der Waals surface area contributed by atoms with Crippen molar-refractivity contribution in [3.05, 3.63) is 0 Å². The van der Waals surface area contributed by atoms with Crippen molar-refractivity contribution in [3.8, 4) is 0 Å². The monoisotopic (exact) mass is 662 g/mol. The molecule has 270 valence electrons. The average molecular weight is 663 g/mol. The lowest BCUT2D eigenvalue weighted by molar-refractivity contribution is -0.164. The van der Waals surface area contributed by atoms with Crippen molar-refractivity contribution in [1.82, 2.24) is 0 Å². The lowest BCUT2D eigenvalue weighted by Gasteiger charge is -2.05. The normalized spacial score (nSPS) is 10.4. The highest BCUT2D eigenvalue weighted by molar-refractivity contribution is 5.87. The van der Waals surface area contributed by atoms with Gasteiger partial charge in [-0.3, -0.25) is 14.4 Å². The lowest BCUT2D eigenvalue weighted by atomic mass is 10.0. The van der Waals surface area contributed by atoms with Crippen LogP contribution >= 0.6 is 0 Å². The van der Waals surface area contributed by atoms with Crippen LogP contribution in [0, 0.1) is 17.8 Å². The van der Waals surface area contributed by atoms with Crippen molar-refractivity contribution in [2.75, 3.05) is 19.8 Å². The molecule has 0 aliphatic carbocycles. The summed E-state index contributed by atoms with van der Waals surface area (Å²) in [5, 5.41) is 24.8. The summed E-state index contributed by atoms with van der Waals surface area (Å²) in [6.07, 6.45) is 17.5. The Morgan fingerprint density at radius 1 is 0.413 bits per heavy atom. The van der Waals surface area contributed by atoms with E-state index in [4.69, 9.17) is 15.3 Å². The zero-order chi connectivity index (χ0) is 35.8. The van der Waals surface area contributed by atoms with Crippen LogP contribution in [0.4, 0.5) is 0 Å². The number of aliphatic hydroxyl groups is 3. The Labute approximate surface area is 275 Å². The molecule has 12 heteroatoms. The Morgan fingerprint density at radius 2 is 0.739 bits per heavy atom. The Hall–Kier alpha value is -2.70. The molecule has 0 atom stereocenters. The van der Waals surface area contributed by atoms with E-state index in [-0.39, 0.29) is 18.8 Å². The molecule has 0 saturated heterocycles. The fourth-order valence-corrected chi connectivity index (χ4v) is 3.68. The fourth-order valence-electron chi connectivity index (χ4n) is 3.68. The summed E-state index contributed by atoms with van der Waals surface area (Å²) in [5.41, 5.74) is 0. The van der Waals surface area contributed by atoms with Crippen LogP contribution in [0.1, 0.15) is 144 Å². The molecule has 0 aliphatic heterocycles. The minimum atomic E-state index is -0.904. The number of hydrogen-bond donors (Lipinski definition) is 3. The third-order valence-corrected chi connectivity index (χ3v) is 6.37. The quantitative estimate of drug-likeness (QED) is 0.0583. The smallest absolute Gasteiger partial charge is 0.339 e. The molecular formula is C34H62O12. The van der Waals surface area contributed by atoms with Crippen LogP contribution in [-0.4, -0.2) is 71.0 Å². The molecule has 3 N–H and O–H groups in total. The summed E-state index contributed by atoms with van der Waals surface area (Å²) in [7, 11) is 0. The van der Waals surface area contributed by atoms with Crippen molar-refractivity contribution >= 4 is 35.8 Å². The van der Waals surface area contributed by atoms with Gasteiger partial charge in [-0.1, -0.05) is 119 Å². The van der Waals surface area contributed by atoms with E-state index < -0.39 is 55.6 Å². The molecule has 0 aromatic rings. The van der Waals surface area contributed by atoms with Gasteiger partial charge in [0.15, 0.2) is 0 Å². The SMILES string of the molecule is CC(C)C(=O)OC(=O)CO.CC(C)CCC(=O)OC(=O)CO.CC(C)CCCCCCCCCCCCCCC(=O)OC(=O)CO. The summed E-state index contributed by atoms with van der Waals surface area (Å²) < 4.78 is 12.7. The van der Waals surface area contributed by atoms with E-state index in [1.807, 2.05) is 13.8 Å². The average Bonchev–Trinajstić information content (AvgIpc) is 3.00. The van der Waals surface area contributed by atoms with Crippen LogP contribution in [0.5, 0.6) is 0 Å². The number of unbranched alkanes of at least 4 members (excludes halogenated alkanes) is 11. The molecule has 0 aromatic heterocycles. The maximum absolute atomic E-state index is 11.2. The lowest BCUT2D eigenvalue weighted by Crippen LogP contribution is -2.19. The van der Waals surface area contributed by atoms with E-state index in [0.717, 1.165) is 25.2 Å². The van der Waals surface area contributed by atoms with E-state index >= 15 is 0 Å². The molecule has 0 radical (unpaired) electrons. The van der Waals surface area contributed by atoms with Gasteiger partial charge in [-0.2, -0.15) is 0 Å². The molecule has 0 fully saturated rings. The Kier molecular flexibility index (Phi) is 34.9. The maximum atomic E-state index is 11.2. The maximum Gasteiger partial charge on any atom is 0.339 e. The van der Waals surface area contributed by atoms with Gasteiger partial charge in [0, 0.05) is 12.8 Å². The number of hydrogen-bond acceptors (Lipinski definition) is 12. The number of rotatable bonds is 22. The van der Waals surface area contributed by atoms with Crippen molar-refractivity contribution in [3.63, 3.8) is 0 Å². The molecule has 0 saturated carbocycles.